The van der Waals surface area contributed by atoms with Crippen LogP contribution in [0.25, 0.3) is 0 Å². The van der Waals surface area contributed by atoms with Crippen LogP contribution in [0.2, 0.25) is 0 Å². The number of rotatable bonds is 7. The zero-order valence-electron chi connectivity index (χ0n) is 13.5. The highest BCUT2D eigenvalue weighted by atomic mass is 32.1. The maximum Gasteiger partial charge on any atom is 0.277 e. The Bertz CT molecular complexity index is 578. The molecule has 0 aliphatic heterocycles. The van der Waals surface area contributed by atoms with Crippen molar-refractivity contribution in [3.05, 3.63) is 57.8 Å². The fraction of sp³-hybridized carbons (Fsp3) is 0.389. The quantitative estimate of drug-likeness (QED) is 0.810. The molecule has 4 heteroatoms. The first kappa shape index (κ1) is 16.7. The molecule has 3 nitrogen and oxygen atoms in total. The fourth-order valence-corrected chi connectivity index (χ4v) is 3.34. The Labute approximate surface area is 136 Å². The first-order valence-corrected chi connectivity index (χ1v) is 8.78. The molecule has 3 N–H and O–H groups in total. The van der Waals surface area contributed by atoms with Gasteiger partial charge in [0, 0.05) is 12.1 Å². The lowest BCUT2D eigenvalue weighted by molar-refractivity contribution is -0.704. The van der Waals surface area contributed by atoms with Crippen LogP contribution in [0.15, 0.2) is 41.8 Å². The largest absolute Gasteiger partial charge is 0.351 e. The van der Waals surface area contributed by atoms with E-state index in [1.807, 2.05) is 13.8 Å². The molecule has 22 heavy (non-hydrogen) atoms. The molecule has 0 aliphatic carbocycles. The Balaban J connectivity index is 2.21. The van der Waals surface area contributed by atoms with E-state index in [1.54, 1.807) is 11.3 Å². The monoisotopic (exact) mass is 317 g/mol. The van der Waals surface area contributed by atoms with E-state index in [2.05, 4.69) is 59.3 Å². The summed E-state index contributed by atoms with van der Waals surface area (Å²) >= 11 is 1.74. The molecule has 1 amide bonds. The van der Waals surface area contributed by atoms with Crippen LogP contribution in [-0.4, -0.2) is 18.5 Å². The van der Waals surface area contributed by atoms with Crippen LogP contribution in [0.3, 0.4) is 0 Å². The van der Waals surface area contributed by atoms with Crippen LogP contribution >= 0.6 is 11.3 Å². The third-order valence-electron chi connectivity index (χ3n) is 3.84. The van der Waals surface area contributed by atoms with E-state index >= 15 is 0 Å². The predicted octanol–water partition coefficient (Wildman–Crippen LogP) is 2.49. The van der Waals surface area contributed by atoms with E-state index in [0.717, 1.165) is 6.42 Å². The van der Waals surface area contributed by atoms with Gasteiger partial charge in [-0.1, -0.05) is 37.3 Å². The van der Waals surface area contributed by atoms with Crippen molar-refractivity contribution in [2.24, 2.45) is 0 Å². The number of aryl methyl sites for hydroxylation is 1. The highest BCUT2D eigenvalue weighted by molar-refractivity contribution is 7.10. The minimum atomic E-state index is -0.113. The summed E-state index contributed by atoms with van der Waals surface area (Å²) in [7, 11) is 0. The molecule has 0 spiro atoms. The summed E-state index contributed by atoms with van der Waals surface area (Å²) in [6, 6.07) is 13.0. The van der Waals surface area contributed by atoms with Crippen molar-refractivity contribution in [3.63, 3.8) is 0 Å². The number of benzene rings is 1. The summed E-state index contributed by atoms with van der Waals surface area (Å²) in [4.78, 5) is 13.3. The zero-order valence-corrected chi connectivity index (χ0v) is 14.3. The number of nitrogens with one attached hydrogen (secondary N) is 1. The lowest BCUT2D eigenvalue weighted by atomic mass is 10.0. The molecule has 1 aromatic heterocycles. The normalized spacial score (nSPS) is 13.6. The highest BCUT2D eigenvalue weighted by Crippen LogP contribution is 2.23. The average Bonchev–Trinajstić information content (AvgIpc) is 3.07. The Morgan fingerprint density at radius 3 is 2.50 bits per heavy atom. The molecule has 0 radical (unpaired) electrons. The van der Waals surface area contributed by atoms with E-state index in [1.165, 1.54) is 16.0 Å². The third kappa shape index (κ3) is 4.18. The second-order valence-corrected chi connectivity index (χ2v) is 6.44. The predicted molar refractivity (Wildman–Crippen MR) is 92.1 cm³/mol. The number of hydrogen-bond donors (Lipinski definition) is 2. The third-order valence-corrected chi connectivity index (χ3v) is 4.80. The summed E-state index contributed by atoms with van der Waals surface area (Å²) in [6.45, 7) is 6.75. The molecular formula is C18H25N2OS+. The van der Waals surface area contributed by atoms with Crippen molar-refractivity contribution in [2.45, 2.75) is 39.3 Å². The van der Waals surface area contributed by atoms with Crippen LogP contribution < -0.4 is 10.6 Å². The van der Waals surface area contributed by atoms with Crippen molar-refractivity contribution in [2.75, 3.05) is 6.54 Å². The van der Waals surface area contributed by atoms with E-state index in [9.17, 15) is 4.79 Å². The number of amides is 1. The van der Waals surface area contributed by atoms with Crippen molar-refractivity contribution in [3.8, 4) is 0 Å². The average molecular weight is 317 g/mol. The van der Waals surface area contributed by atoms with E-state index in [0.29, 0.717) is 6.54 Å². The summed E-state index contributed by atoms with van der Waals surface area (Å²) < 4.78 is 0. The standard InChI is InChI=1S/C18H24N2OS/c1-4-14-8-10-15(11-9-14)17(16-7-6-12-22-16)20-13(3)18(21)19-5-2/h6-13,17,20H,4-5H2,1-3H3,(H,19,21)/p+1/t13-,17+/m0/s1. The number of hydrogen-bond acceptors (Lipinski definition) is 2. The van der Waals surface area contributed by atoms with Crippen molar-refractivity contribution < 1.29 is 10.1 Å². The lowest BCUT2D eigenvalue weighted by Crippen LogP contribution is -2.92. The van der Waals surface area contributed by atoms with Gasteiger partial charge < -0.3 is 10.6 Å². The van der Waals surface area contributed by atoms with Gasteiger partial charge in [0.15, 0.2) is 6.04 Å². The first-order valence-electron chi connectivity index (χ1n) is 7.90. The molecule has 1 heterocycles. The van der Waals surface area contributed by atoms with Gasteiger partial charge in [0.2, 0.25) is 0 Å². The van der Waals surface area contributed by atoms with Gasteiger partial charge in [-0.05, 0) is 37.3 Å². The summed E-state index contributed by atoms with van der Waals surface area (Å²) in [5, 5.41) is 7.14. The van der Waals surface area contributed by atoms with Gasteiger partial charge in [-0.3, -0.25) is 4.79 Å². The summed E-state index contributed by atoms with van der Waals surface area (Å²) in [6.07, 6.45) is 1.04. The Morgan fingerprint density at radius 2 is 1.95 bits per heavy atom. The molecule has 118 valence electrons. The molecule has 1 aromatic carbocycles. The molecule has 0 fully saturated rings. The number of carbonyl (C=O) groups is 1. The van der Waals surface area contributed by atoms with Crippen LogP contribution in [-0.2, 0) is 11.2 Å². The minimum Gasteiger partial charge on any atom is -0.351 e. The van der Waals surface area contributed by atoms with Crippen molar-refractivity contribution in [1.29, 1.82) is 0 Å². The van der Waals surface area contributed by atoms with E-state index in [-0.39, 0.29) is 18.0 Å². The number of thiophene rings is 1. The molecule has 0 unspecified atom stereocenters. The zero-order chi connectivity index (χ0) is 15.9. The molecule has 0 saturated heterocycles. The SMILES string of the molecule is CCNC(=O)[C@H](C)[NH2+][C@H](c1ccc(CC)cc1)c1cccs1. The summed E-state index contributed by atoms with van der Waals surface area (Å²) in [5.41, 5.74) is 2.58. The van der Waals surface area contributed by atoms with Crippen molar-refractivity contribution >= 4 is 17.2 Å². The highest BCUT2D eigenvalue weighted by Gasteiger charge is 2.25. The number of likely N-dealkylation sites (N-methyl/N-ethyl adjacent to an activating group) is 1. The molecule has 2 rings (SSSR count). The van der Waals surface area contributed by atoms with Gasteiger partial charge in [-0.25, -0.2) is 0 Å². The first-order chi connectivity index (χ1) is 10.7. The fourth-order valence-electron chi connectivity index (χ4n) is 2.51. The molecule has 0 aliphatic rings. The maximum atomic E-state index is 12.0. The lowest BCUT2D eigenvalue weighted by Gasteiger charge is -2.19. The Morgan fingerprint density at radius 1 is 1.23 bits per heavy atom. The maximum absolute atomic E-state index is 12.0. The smallest absolute Gasteiger partial charge is 0.277 e. The van der Waals surface area contributed by atoms with Crippen LogP contribution in [0.1, 0.15) is 42.8 Å². The molecule has 2 atom stereocenters. The van der Waals surface area contributed by atoms with Gasteiger partial charge >= 0.3 is 0 Å². The van der Waals surface area contributed by atoms with Crippen LogP contribution in [0, 0.1) is 0 Å². The Kier molecular flexibility index (Phi) is 6.16. The van der Waals surface area contributed by atoms with E-state index < -0.39 is 0 Å². The molecule has 2 aromatic rings. The van der Waals surface area contributed by atoms with E-state index in [4.69, 9.17) is 0 Å². The molecule has 0 saturated carbocycles. The van der Waals surface area contributed by atoms with Gasteiger partial charge in [-0.2, -0.15) is 0 Å². The second-order valence-electron chi connectivity index (χ2n) is 5.46. The van der Waals surface area contributed by atoms with Gasteiger partial charge in [0.25, 0.3) is 5.91 Å². The topological polar surface area (TPSA) is 45.7 Å². The van der Waals surface area contributed by atoms with Gasteiger partial charge in [0.1, 0.15) is 6.04 Å². The van der Waals surface area contributed by atoms with Gasteiger partial charge in [-0.15, -0.1) is 11.3 Å². The minimum absolute atomic E-state index is 0.0919. The molecule has 0 bridgehead atoms. The van der Waals surface area contributed by atoms with Gasteiger partial charge in [0.05, 0.1) is 4.88 Å². The Hall–Kier alpha value is -1.65. The summed E-state index contributed by atoms with van der Waals surface area (Å²) in [5.74, 6) is 0.0919. The number of nitrogens with two attached hydrogens (primary N) is 1. The number of carbonyl (C=O) groups excluding carboxylic acids is 1. The number of quaternary nitrogens is 1. The van der Waals surface area contributed by atoms with Crippen LogP contribution in [0.4, 0.5) is 0 Å². The second kappa shape index (κ2) is 8.11. The molecular weight excluding hydrogens is 292 g/mol. The van der Waals surface area contributed by atoms with Crippen LogP contribution in [0.5, 0.6) is 0 Å². The van der Waals surface area contributed by atoms with Crippen molar-refractivity contribution in [1.82, 2.24) is 5.32 Å².